The molecule has 0 amide bonds. The van der Waals surface area contributed by atoms with E-state index in [0.717, 1.165) is 30.1 Å². The largest absolute Gasteiger partial charge is 0.437 e. The van der Waals surface area contributed by atoms with Crippen LogP contribution in [0.1, 0.15) is 28.8 Å². The highest BCUT2D eigenvalue weighted by atomic mass is 16.3. The molecule has 0 bridgehead atoms. The van der Waals surface area contributed by atoms with Crippen LogP contribution in [-0.4, -0.2) is 9.97 Å². The van der Waals surface area contributed by atoms with Crippen molar-refractivity contribution in [3.63, 3.8) is 0 Å². The highest BCUT2D eigenvalue weighted by molar-refractivity contribution is 5.67. The summed E-state index contributed by atoms with van der Waals surface area (Å²) in [6.45, 7) is 2.81. The molecule has 20 heavy (non-hydrogen) atoms. The average molecular weight is 265 g/mol. The van der Waals surface area contributed by atoms with Gasteiger partial charge in [0.05, 0.1) is 6.04 Å². The van der Waals surface area contributed by atoms with Crippen molar-refractivity contribution in [1.29, 1.82) is 0 Å². The lowest BCUT2D eigenvalue weighted by Crippen LogP contribution is -2.28. The molecule has 0 saturated carbocycles. The van der Waals surface area contributed by atoms with Crippen LogP contribution in [0.5, 0.6) is 0 Å². The summed E-state index contributed by atoms with van der Waals surface area (Å²) in [4.78, 5) is 8.93. The molecule has 0 aliphatic carbocycles. The molecule has 0 radical (unpaired) electrons. The van der Waals surface area contributed by atoms with Crippen LogP contribution in [0, 0.1) is 6.92 Å². The van der Waals surface area contributed by atoms with Crippen molar-refractivity contribution in [3.8, 4) is 0 Å². The minimum atomic E-state index is 0.124. The first kappa shape index (κ1) is 11.6. The summed E-state index contributed by atoms with van der Waals surface area (Å²) < 4.78 is 5.84. The summed E-state index contributed by atoms with van der Waals surface area (Å²) in [5.41, 5.74) is 5.13. The zero-order valence-electron chi connectivity index (χ0n) is 11.3. The van der Waals surface area contributed by atoms with Gasteiger partial charge in [0.1, 0.15) is 0 Å². The SMILES string of the molecule is Cc1ccc2oc(C3Cc4ccccc4CN3)nc2n1. The van der Waals surface area contributed by atoms with Crippen molar-refractivity contribution in [1.82, 2.24) is 15.3 Å². The second kappa shape index (κ2) is 4.42. The van der Waals surface area contributed by atoms with Gasteiger partial charge in [-0.2, -0.15) is 4.98 Å². The van der Waals surface area contributed by atoms with E-state index in [9.17, 15) is 0 Å². The zero-order valence-corrected chi connectivity index (χ0v) is 11.3. The maximum absolute atomic E-state index is 5.84. The molecule has 1 atom stereocenters. The number of nitrogens with zero attached hydrogens (tertiary/aromatic N) is 2. The fourth-order valence-electron chi connectivity index (χ4n) is 2.71. The van der Waals surface area contributed by atoms with Crippen LogP contribution in [0.15, 0.2) is 40.8 Å². The van der Waals surface area contributed by atoms with Crippen LogP contribution in [0.25, 0.3) is 11.2 Å². The van der Waals surface area contributed by atoms with Crippen molar-refractivity contribution >= 4 is 11.2 Å². The Morgan fingerprint density at radius 1 is 1.10 bits per heavy atom. The minimum absolute atomic E-state index is 0.124. The molecule has 1 aliphatic rings. The van der Waals surface area contributed by atoms with Gasteiger partial charge in [-0.05, 0) is 36.6 Å². The third-order valence-corrected chi connectivity index (χ3v) is 3.79. The Balaban J connectivity index is 1.70. The highest BCUT2D eigenvalue weighted by Crippen LogP contribution is 2.27. The van der Waals surface area contributed by atoms with Crippen LogP contribution < -0.4 is 5.32 Å². The Bertz CT molecular complexity index is 778. The van der Waals surface area contributed by atoms with Crippen molar-refractivity contribution in [2.45, 2.75) is 25.9 Å². The average Bonchev–Trinajstić information content (AvgIpc) is 2.89. The number of oxazole rings is 1. The molecule has 0 spiro atoms. The van der Waals surface area contributed by atoms with Gasteiger partial charge in [-0.3, -0.25) is 0 Å². The third kappa shape index (κ3) is 1.89. The van der Waals surface area contributed by atoms with E-state index in [-0.39, 0.29) is 6.04 Å². The number of rotatable bonds is 1. The highest BCUT2D eigenvalue weighted by Gasteiger charge is 2.23. The number of fused-ring (bicyclic) bond motifs is 2. The topological polar surface area (TPSA) is 51.0 Å². The maximum atomic E-state index is 5.84. The number of aryl methyl sites for hydroxylation is 1. The van der Waals surface area contributed by atoms with Gasteiger partial charge >= 0.3 is 0 Å². The standard InChI is InChI=1S/C16H15N3O/c1-10-6-7-14-15(18-10)19-16(20-14)13-8-11-4-2-3-5-12(11)9-17-13/h2-7,13,17H,8-9H2,1H3. The van der Waals surface area contributed by atoms with Gasteiger partial charge in [-0.1, -0.05) is 24.3 Å². The fraction of sp³-hybridized carbons (Fsp3) is 0.250. The summed E-state index contributed by atoms with van der Waals surface area (Å²) in [6, 6.07) is 12.5. The summed E-state index contributed by atoms with van der Waals surface area (Å²) in [5, 5.41) is 3.48. The van der Waals surface area contributed by atoms with Gasteiger partial charge in [0.25, 0.3) is 0 Å². The Labute approximate surface area is 116 Å². The number of hydrogen-bond acceptors (Lipinski definition) is 4. The Hall–Kier alpha value is -2.20. The third-order valence-electron chi connectivity index (χ3n) is 3.79. The zero-order chi connectivity index (χ0) is 13.5. The fourth-order valence-corrected chi connectivity index (χ4v) is 2.71. The molecule has 100 valence electrons. The van der Waals surface area contributed by atoms with Crippen LogP contribution in [0.2, 0.25) is 0 Å². The van der Waals surface area contributed by atoms with E-state index in [4.69, 9.17) is 4.42 Å². The van der Waals surface area contributed by atoms with Gasteiger partial charge in [-0.25, -0.2) is 4.98 Å². The van der Waals surface area contributed by atoms with Crippen LogP contribution in [0.3, 0.4) is 0 Å². The lowest BCUT2D eigenvalue weighted by Gasteiger charge is -2.23. The predicted molar refractivity (Wildman–Crippen MR) is 76.3 cm³/mol. The molecule has 3 aromatic rings. The van der Waals surface area contributed by atoms with Crippen LogP contribution in [0.4, 0.5) is 0 Å². The van der Waals surface area contributed by atoms with E-state index in [1.165, 1.54) is 11.1 Å². The van der Waals surface area contributed by atoms with Crippen molar-refractivity contribution in [2.75, 3.05) is 0 Å². The second-order valence-electron chi connectivity index (χ2n) is 5.23. The molecule has 1 N–H and O–H groups in total. The number of nitrogens with one attached hydrogen (secondary N) is 1. The summed E-state index contributed by atoms with van der Waals surface area (Å²) in [6.07, 6.45) is 0.905. The first-order chi connectivity index (χ1) is 9.79. The molecular weight excluding hydrogens is 250 g/mol. The summed E-state index contributed by atoms with van der Waals surface area (Å²) >= 11 is 0. The Morgan fingerprint density at radius 3 is 2.85 bits per heavy atom. The molecule has 2 aromatic heterocycles. The van der Waals surface area contributed by atoms with E-state index >= 15 is 0 Å². The summed E-state index contributed by atoms with van der Waals surface area (Å²) in [5.74, 6) is 0.729. The van der Waals surface area contributed by atoms with E-state index in [1.54, 1.807) is 0 Å². The molecule has 1 aromatic carbocycles. The summed E-state index contributed by atoms with van der Waals surface area (Å²) in [7, 11) is 0. The lowest BCUT2D eigenvalue weighted by molar-refractivity contribution is 0.395. The second-order valence-corrected chi connectivity index (χ2v) is 5.23. The molecule has 4 rings (SSSR count). The van der Waals surface area contributed by atoms with E-state index in [1.807, 2.05) is 19.1 Å². The van der Waals surface area contributed by atoms with Gasteiger partial charge in [0.15, 0.2) is 11.2 Å². The maximum Gasteiger partial charge on any atom is 0.214 e. The molecule has 4 heteroatoms. The van der Waals surface area contributed by atoms with Crippen molar-refractivity contribution in [3.05, 3.63) is 59.1 Å². The molecular formula is C16H15N3O. The Morgan fingerprint density at radius 2 is 1.95 bits per heavy atom. The van der Waals surface area contributed by atoms with Crippen LogP contribution in [-0.2, 0) is 13.0 Å². The molecule has 1 aliphatic heterocycles. The van der Waals surface area contributed by atoms with Gasteiger partial charge in [0.2, 0.25) is 5.89 Å². The molecule has 1 unspecified atom stereocenters. The minimum Gasteiger partial charge on any atom is -0.437 e. The monoisotopic (exact) mass is 265 g/mol. The first-order valence-electron chi connectivity index (χ1n) is 6.84. The molecule has 3 heterocycles. The number of aromatic nitrogens is 2. The van der Waals surface area contributed by atoms with Gasteiger partial charge < -0.3 is 9.73 Å². The van der Waals surface area contributed by atoms with Crippen molar-refractivity contribution in [2.24, 2.45) is 0 Å². The first-order valence-corrected chi connectivity index (χ1v) is 6.84. The van der Waals surface area contributed by atoms with Crippen LogP contribution >= 0.6 is 0 Å². The van der Waals surface area contributed by atoms with Crippen molar-refractivity contribution < 1.29 is 4.42 Å². The quantitative estimate of drug-likeness (QED) is 0.735. The molecule has 0 fully saturated rings. The Kier molecular flexibility index (Phi) is 2.57. The van der Waals surface area contributed by atoms with E-state index in [0.29, 0.717) is 5.65 Å². The lowest BCUT2D eigenvalue weighted by atomic mass is 9.96. The predicted octanol–water partition coefficient (Wildman–Crippen LogP) is 2.92. The van der Waals surface area contributed by atoms with E-state index < -0.39 is 0 Å². The number of hydrogen-bond donors (Lipinski definition) is 1. The van der Waals surface area contributed by atoms with Gasteiger partial charge in [-0.15, -0.1) is 0 Å². The smallest absolute Gasteiger partial charge is 0.214 e. The number of pyridine rings is 1. The number of benzene rings is 1. The molecule has 0 saturated heterocycles. The van der Waals surface area contributed by atoms with E-state index in [2.05, 4.69) is 39.6 Å². The molecule has 4 nitrogen and oxygen atoms in total. The normalized spacial score (nSPS) is 18.1. The van der Waals surface area contributed by atoms with Gasteiger partial charge in [0, 0.05) is 12.2 Å².